The largest absolute Gasteiger partial charge is 0.307 e. The van der Waals surface area contributed by atoms with Gasteiger partial charge in [0.15, 0.2) is 0 Å². The molecule has 0 amide bonds. The summed E-state index contributed by atoms with van der Waals surface area (Å²) in [6.07, 6.45) is 0. The third-order valence-corrected chi connectivity index (χ3v) is 3.16. The Hall–Kier alpha value is -1.29. The van der Waals surface area contributed by atoms with Gasteiger partial charge in [0.1, 0.15) is 0 Å². The van der Waals surface area contributed by atoms with Crippen molar-refractivity contribution >= 4 is 27.2 Å². The Bertz CT molecular complexity index is 478. The Balaban J connectivity index is 2.50. The van der Waals surface area contributed by atoms with E-state index in [1.165, 1.54) is 6.07 Å². The number of carbonyl (C=O) groups excluding carboxylic acids is 1. The molecule has 4 heteroatoms. The van der Waals surface area contributed by atoms with Crippen molar-refractivity contribution in [2.75, 3.05) is 0 Å². The van der Waals surface area contributed by atoms with Crippen LogP contribution in [0.15, 0.2) is 30.3 Å². The second kappa shape index (κ2) is 3.38. The lowest BCUT2D eigenvalue weighted by atomic mass is 10.2. The predicted octanol–water partition coefficient (Wildman–Crippen LogP) is 3.74. The first kappa shape index (κ1) is 10.2. The van der Waals surface area contributed by atoms with E-state index in [0.29, 0.717) is 6.92 Å². The van der Waals surface area contributed by atoms with E-state index in [2.05, 4.69) is 0 Å². The molecule has 0 atom stereocenters. The first-order valence-corrected chi connectivity index (χ1v) is 5.21. The molecular formula is C11H8F2OS. The van der Waals surface area contributed by atoms with Gasteiger partial charge in [-0.2, -0.15) is 8.78 Å². The molecule has 0 spiro atoms. The molecule has 1 heterocycles. The fourth-order valence-corrected chi connectivity index (χ4v) is 2.40. The third kappa shape index (κ3) is 1.90. The smallest absolute Gasteiger partial charge is 0.286 e. The zero-order valence-corrected chi connectivity index (χ0v) is 8.78. The molecule has 0 N–H and O–H groups in total. The summed E-state index contributed by atoms with van der Waals surface area (Å²) < 4.78 is 26.4. The zero-order chi connectivity index (χ0) is 11.1. The van der Waals surface area contributed by atoms with Crippen molar-refractivity contribution in [1.82, 2.24) is 0 Å². The van der Waals surface area contributed by atoms with Crippen molar-refractivity contribution in [2.24, 2.45) is 0 Å². The molecule has 0 aliphatic heterocycles. The minimum Gasteiger partial charge on any atom is -0.286 e. The second-order valence-corrected chi connectivity index (χ2v) is 4.45. The molecule has 0 radical (unpaired) electrons. The molecule has 1 aromatic heterocycles. The van der Waals surface area contributed by atoms with Gasteiger partial charge in [0.2, 0.25) is 5.78 Å². The summed E-state index contributed by atoms with van der Waals surface area (Å²) in [4.78, 5) is 11.4. The van der Waals surface area contributed by atoms with Crippen LogP contribution in [0, 0.1) is 0 Å². The van der Waals surface area contributed by atoms with E-state index in [4.69, 9.17) is 0 Å². The van der Waals surface area contributed by atoms with Gasteiger partial charge in [-0.15, -0.1) is 11.3 Å². The molecule has 0 aliphatic rings. The predicted molar refractivity (Wildman–Crippen MR) is 56.8 cm³/mol. The van der Waals surface area contributed by atoms with Crippen LogP contribution in [0.2, 0.25) is 0 Å². The summed E-state index contributed by atoms with van der Waals surface area (Å²) in [6, 6.07) is 8.76. The monoisotopic (exact) mass is 226 g/mol. The summed E-state index contributed by atoms with van der Waals surface area (Å²) in [5, 5.41) is 0.829. The van der Waals surface area contributed by atoms with E-state index in [0.717, 1.165) is 21.4 Å². The number of alkyl halides is 2. The summed E-state index contributed by atoms with van der Waals surface area (Å²) in [6.45, 7) is 0.625. The maximum Gasteiger partial charge on any atom is 0.307 e. The molecule has 15 heavy (non-hydrogen) atoms. The van der Waals surface area contributed by atoms with E-state index in [9.17, 15) is 13.6 Å². The van der Waals surface area contributed by atoms with Gasteiger partial charge in [-0.25, -0.2) is 0 Å². The SMILES string of the molecule is CC(F)(F)C(=O)c1cc2ccccc2s1. The van der Waals surface area contributed by atoms with Gasteiger partial charge in [0.05, 0.1) is 4.88 Å². The molecule has 0 fully saturated rings. The molecule has 1 aromatic carbocycles. The molecular weight excluding hydrogens is 218 g/mol. The topological polar surface area (TPSA) is 17.1 Å². The van der Waals surface area contributed by atoms with E-state index in [1.807, 2.05) is 18.2 Å². The minimum atomic E-state index is -3.29. The first-order valence-electron chi connectivity index (χ1n) is 4.40. The van der Waals surface area contributed by atoms with Crippen LogP contribution in [0.25, 0.3) is 10.1 Å². The second-order valence-electron chi connectivity index (χ2n) is 3.37. The van der Waals surface area contributed by atoms with Gasteiger partial charge in [-0.3, -0.25) is 4.79 Å². The highest BCUT2D eigenvalue weighted by atomic mass is 32.1. The molecule has 1 nitrogen and oxygen atoms in total. The average Bonchev–Trinajstić information content (AvgIpc) is 2.58. The van der Waals surface area contributed by atoms with Crippen LogP contribution in [-0.4, -0.2) is 11.7 Å². The fourth-order valence-electron chi connectivity index (χ4n) is 1.31. The first-order chi connectivity index (χ1) is 6.98. The maximum absolute atomic E-state index is 12.8. The summed E-state index contributed by atoms with van der Waals surface area (Å²) >= 11 is 1.10. The van der Waals surface area contributed by atoms with Gasteiger partial charge >= 0.3 is 5.92 Å². The van der Waals surface area contributed by atoms with Gasteiger partial charge in [-0.1, -0.05) is 18.2 Å². The average molecular weight is 226 g/mol. The highest BCUT2D eigenvalue weighted by Crippen LogP contribution is 2.29. The molecule has 0 saturated heterocycles. The van der Waals surface area contributed by atoms with Crippen LogP contribution in [-0.2, 0) is 0 Å². The van der Waals surface area contributed by atoms with Crippen molar-refractivity contribution in [3.8, 4) is 0 Å². The number of ketones is 1. The number of hydrogen-bond donors (Lipinski definition) is 0. The molecule has 0 unspecified atom stereocenters. The highest BCUT2D eigenvalue weighted by Gasteiger charge is 2.34. The number of fused-ring (bicyclic) bond motifs is 1. The van der Waals surface area contributed by atoms with Crippen LogP contribution in [0.1, 0.15) is 16.6 Å². The Labute approximate surface area is 89.3 Å². The van der Waals surface area contributed by atoms with E-state index in [-0.39, 0.29) is 4.88 Å². The van der Waals surface area contributed by atoms with E-state index >= 15 is 0 Å². The van der Waals surface area contributed by atoms with E-state index < -0.39 is 11.7 Å². The standard InChI is InChI=1S/C11H8F2OS/c1-11(12,13)10(14)9-6-7-4-2-3-5-8(7)15-9/h2-6H,1H3. The van der Waals surface area contributed by atoms with Crippen LogP contribution in [0.5, 0.6) is 0 Å². The van der Waals surface area contributed by atoms with Gasteiger partial charge in [0.25, 0.3) is 0 Å². The lowest BCUT2D eigenvalue weighted by molar-refractivity contribution is 0.0226. The zero-order valence-electron chi connectivity index (χ0n) is 7.96. The number of thiophene rings is 1. The van der Waals surface area contributed by atoms with Crippen LogP contribution in [0.4, 0.5) is 8.78 Å². The Morgan fingerprint density at radius 1 is 1.33 bits per heavy atom. The van der Waals surface area contributed by atoms with Crippen LogP contribution >= 0.6 is 11.3 Å². The minimum absolute atomic E-state index is 0.115. The number of Topliss-reactive ketones (excluding diaryl/α,β-unsaturated/α-hetero) is 1. The third-order valence-electron chi connectivity index (χ3n) is 2.05. The molecule has 0 saturated carbocycles. The van der Waals surface area contributed by atoms with Crippen molar-refractivity contribution in [3.63, 3.8) is 0 Å². The Morgan fingerprint density at radius 3 is 2.60 bits per heavy atom. The molecule has 78 valence electrons. The van der Waals surface area contributed by atoms with Gasteiger partial charge in [0, 0.05) is 11.6 Å². The maximum atomic E-state index is 12.8. The molecule has 2 rings (SSSR count). The number of rotatable bonds is 2. The Morgan fingerprint density at radius 2 is 2.00 bits per heavy atom. The van der Waals surface area contributed by atoms with Crippen molar-refractivity contribution < 1.29 is 13.6 Å². The highest BCUT2D eigenvalue weighted by molar-refractivity contribution is 7.20. The quantitative estimate of drug-likeness (QED) is 0.713. The van der Waals surface area contributed by atoms with Crippen LogP contribution in [0.3, 0.4) is 0 Å². The lowest BCUT2D eigenvalue weighted by Crippen LogP contribution is -2.23. The molecule has 0 bridgehead atoms. The fraction of sp³-hybridized carbons (Fsp3) is 0.182. The van der Waals surface area contributed by atoms with Crippen molar-refractivity contribution in [1.29, 1.82) is 0 Å². The van der Waals surface area contributed by atoms with Gasteiger partial charge in [-0.05, 0) is 17.5 Å². The number of carbonyl (C=O) groups is 1. The lowest BCUT2D eigenvalue weighted by Gasteiger charge is -2.05. The van der Waals surface area contributed by atoms with E-state index in [1.54, 1.807) is 6.07 Å². The van der Waals surface area contributed by atoms with Crippen molar-refractivity contribution in [2.45, 2.75) is 12.8 Å². The number of benzene rings is 1. The number of hydrogen-bond acceptors (Lipinski definition) is 2. The summed E-state index contributed by atoms with van der Waals surface area (Å²) in [5.41, 5.74) is 0. The molecule has 0 aliphatic carbocycles. The van der Waals surface area contributed by atoms with Gasteiger partial charge < -0.3 is 0 Å². The molecule has 2 aromatic rings. The normalized spacial score (nSPS) is 11.9. The van der Waals surface area contributed by atoms with Crippen LogP contribution < -0.4 is 0 Å². The Kier molecular flexibility index (Phi) is 2.31. The summed E-state index contributed by atoms with van der Waals surface area (Å²) in [7, 11) is 0. The van der Waals surface area contributed by atoms with Crippen molar-refractivity contribution in [3.05, 3.63) is 35.2 Å². The number of halogens is 2. The summed E-state index contributed by atoms with van der Waals surface area (Å²) in [5.74, 6) is -4.40.